The van der Waals surface area contributed by atoms with E-state index in [1.165, 1.54) is 28.2 Å². The number of ether oxygens (including phenoxy) is 1. The molecule has 4 rings (SSSR count). The lowest BCUT2D eigenvalue weighted by molar-refractivity contribution is -0.115. The molecular weight excluding hydrogens is 463 g/mol. The third-order valence-electron chi connectivity index (χ3n) is 5.12. The van der Waals surface area contributed by atoms with Crippen molar-refractivity contribution in [2.75, 3.05) is 31.6 Å². The van der Waals surface area contributed by atoms with Crippen molar-refractivity contribution < 1.29 is 22.3 Å². The molecule has 0 radical (unpaired) electrons. The molecule has 1 N–H and O–H groups in total. The van der Waals surface area contributed by atoms with E-state index < -0.39 is 26.0 Å². The van der Waals surface area contributed by atoms with Gasteiger partial charge in [0.15, 0.2) is 0 Å². The summed E-state index contributed by atoms with van der Waals surface area (Å²) in [5.41, 5.74) is 1.01. The minimum absolute atomic E-state index is 0.155. The van der Waals surface area contributed by atoms with Gasteiger partial charge in [-0.15, -0.1) is 11.8 Å². The second-order valence-corrected chi connectivity index (χ2v) is 10.5. The Morgan fingerprint density at radius 2 is 1.61 bits per heavy atom. The van der Waals surface area contributed by atoms with E-state index in [1.807, 2.05) is 60.7 Å². The summed E-state index contributed by atoms with van der Waals surface area (Å²) in [6.45, 7) is 0.823. The van der Waals surface area contributed by atoms with Gasteiger partial charge in [-0.1, -0.05) is 48.5 Å². The van der Waals surface area contributed by atoms with Crippen molar-refractivity contribution in [1.29, 1.82) is 0 Å². The quantitative estimate of drug-likeness (QED) is 0.504. The number of rotatable bonds is 7. The Bertz CT molecular complexity index is 1200. The number of sulfonamides is 1. The fraction of sp³-hybridized carbons (Fsp3) is 0.208. The van der Waals surface area contributed by atoms with Gasteiger partial charge in [0.2, 0.25) is 15.9 Å². The minimum atomic E-state index is -4.05. The van der Waals surface area contributed by atoms with Crippen LogP contribution in [0.15, 0.2) is 88.7 Å². The van der Waals surface area contributed by atoms with Crippen LogP contribution in [-0.2, 0) is 19.6 Å². The maximum atomic E-state index is 14.5. The number of carbonyl (C=O) groups is 1. The smallest absolute Gasteiger partial charge is 0.246 e. The maximum Gasteiger partial charge on any atom is 0.246 e. The van der Waals surface area contributed by atoms with Crippen LogP contribution in [0.3, 0.4) is 0 Å². The molecule has 6 nitrogen and oxygen atoms in total. The molecule has 1 aliphatic heterocycles. The number of morpholine rings is 1. The Kier molecular flexibility index (Phi) is 7.44. The van der Waals surface area contributed by atoms with Gasteiger partial charge < -0.3 is 10.1 Å². The summed E-state index contributed by atoms with van der Waals surface area (Å²) in [4.78, 5) is 13.7. The molecule has 0 bridgehead atoms. The molecule has 1 heterocycles. The zero-order valence-electron chi connectivity index (χ0n) is 17.7. The first-order chi connectivity index (χ1) is 15.9. The molecule has 1 aliphatic rings. The van der Waals surface area contributed by atoms with Gasteiger partial charge >= 0.3 is 0 Å². The van der Waals surface area contributed by atoms with Crippen LogP contribution < -0.4 is 5.32 Å². The number of thioether (sulfide) groups is 1. The van der Waals surface area contributed by atoms with Gasteiger partial charge in [0.25, 0.3) is 0 Å². The summed E-state index contributed by atoms with van der Waals surface area (Å²) in [5.74, 6) is -1.20. The van der Waals surface area contributed by atoms with Crippen molar-refractivity contribution in [3.05, 3.63) is 90.2 Å². The van der Waals surface area contributed by atoms with Crippen molar-refractivity contribution in [3.8, 4) is 0 Å². The van der Waals surface area contributed by atoms with Gasteiger partial charge in [-0.25, -0.2) is 12.8 Å². The van der Waals surface area contributed by atoms with Crippen molar-refractivity contribution in [2.45, 2.75) is 15.0 Å². The number of benzene rings is 3. The van der Waals surface area contributed by atoms with E-state index in [-0.39, 0.29) is 37.9 Å². The first-order valence-electron chi connectivity index (χ1n) is 10.4. The number of nitrogens with zero attached hydrogens (tertiary/aromatic N) is 1. The van der Waals surface area contributed by atoms with Crippen molar-refractivity contribution in [1.82, 2.24) is 4.31 Å². The highest BCUT2D eigenvalue weighted by Gasteiger charge is 2.30. The molecule has 3 aromatic carbocycles. The van der Waals surface area contributed by atoms with Crippen molar-refractivity contribution in [2.24, 2.45) is 0 Å². The van der Waals surface area contributed by atoms with E-state index in [0.717, 1.165) is 16.5 Å². The summed E-state index contributed by atoms with van der Waals surface area (Å²) in [5, 5.41) is 2.18. The molecule has 1 fully saturated rings. The van der Waals surface area contributed by atoms with Gasteiger partial charge in [-0.05, 0) is 35.9 Å². The molecule has 1 atom stereocenters. The van der Waals surface area contributed by atoms with Crippen molar-refractivity contribution in [3.63, 3.8) is 0 Å². The number of hydrogen-bond acceptors (Lipinski definition) is 5. The number of halogens is 1. The maximum absolute atomic E-state index is 14.5. The molecule has 0 aliphatic carbocycles. The van der Waals surface area contributed by atoms with Gasteiger partial charge in [0.05, 0.1) is 13.2 Å². The molecular formula is C24H23FN2O4S2. The average Bonchev–Trinajstić information content (AvgIpc) is 2.85. The number of anilines is 1. The number of amides is 1. The largest absolute Gasteiger partial charge is 0.379 e. The lowest BCUT2D eigenvalue weighted by Gasteiger charge is -2.26. The lowest BCUT2D eigenvalue weighted by Crippen LogP contribution is -2.40. The van der Waals surface area contributed by atoms with Crippen LogP contribution in [0, 0.1) is 5.82 Å². The summed E-state index contributed by atoms with van der Waals surface area (Å²) in [6.07, 6.45) is 0. The van der Waals surface area contributed by atoms with E-state index in [2.05, 4.69) is 5.32 Å². The van der Waals surface area contributed by atoms with Crippen LogP contribution in [0.5, 0.6) is 0 Å². The molecule has 0 spiro atoms. The predicted octanol–water partition coefficient (Wildman–Crippen LogP) is 4.32. The van der Waals surface area contributed by atoms with E-state index in [0.29, 0.717) is 0 Å². The minimum Gasteiger partial charge on any atom is -0.379 e. The average molecular weight is 487 g/mol. The van der Waals surface area contributed by atoms with Gasteiger partial charge in [-0.3, -0.25) is 4.79 Å². The summed E-state index contributed by atoms with van der Waals surface area (Å²) in [7, 11) is -4.05. The molecule has 172 valence electrons. The van der Waals surface area contributed by atoms with Crippen LogP contribution in [0.4, 0.5) is 10.1 Å². The first kappa shape index (κ1) is 23.4. The highest BCUT2D eigenvalue weighted by molar-refractivity contribution is 8.00. The molecule has 3 aromatic rings. The summed E-state index contributed by atoms with van der Waals surface area (Å²) >= 11 is 1.38. The Morgan fingerprint density at radius 1 is 0.970 bits per heavy atom. The zero-order chi connectivity index (χ0) is 23.3. The van der Waals surface area contributed by atoms with E-state index in [9.17, 15) is 17.6 Å². The number of nitrogens with one attached hydrogen (secondary N) is 1. The normalized spacial score (nSPS) is 15.7. The highest BCUT2D eigenvalue weighted by Crippen LogP contribution is 2.36. The molecule has 33 heavy (non-hydrogen) atoms. The molecule has 9 heteroatoms. The molecule has 1 saturated heterocycles. The van der Waals surface area contributed by atoms with Gasteiger partial charge in [0.1, 0.15) is 16.0 Å². The monoisotopic (exact) mass is 486 g/mol. The Morgan fingerprint density at radius 3 is 2.27 bits per heavy atom. The summed E-state index contributed by atoms with van der Waals surface area (Å²) < 4.78 is 46.8. The molecule has 1 amide bonds. The van der Waals surface area contributed by atoms with Gasteiger partial charge in [-0.2, -0.15) is 4.31 Å². The van der Waals surface area contributed by atoms with E-state index in [4.69, 9.17) is 4.74 Å². The third kappa shape index (κ3) is 5.62. The second-order valence-electron chi connectivity index (χ2n) is 7.37. The fourth-order valence-corrected chi connectivity index (χ4v) is 5.99. The zero-order valence-corrected chi connectivity index (χ0v) is 19.3. The topological polar surface area (TPSA) is 75.7 Å². The first-order valence-corrected chi connectivity index (χ1v) is 12.7. The van der Waals surface area contributed by atoms with Crippen molar-refractivity contribution >= 4 is 33.4 Å². The fourth-order valence-electron chi connectivity index (χ4n) is 3.45. The van der Waals surface area contributed by atoms with Crippen LogP contribution in [0.2, 0.25) is 0 Å². The number of hydrogen-bond donors (Lipinski definition) is 1. The molecule has 0 aromatic heterocycles. The second kappa shape index (κ2) is 10.5. The predicted molar refractivity (Wildman–Crippen MR) is 126 cm³/mol. The Balaban J connectivity index is 1.60. The van der Waals surface area contributed by atoms with Gasteiger partial charge in [0, 0.05) is 23.7 Å². The van der Waals surface area contributed by atoms with Crippen LogP contribution in [0.25, 0.3) is 0 Å². The van der Waals surface area contributed by atoms with Crippen LogP contribution in [0.1, 0.15) is 10.8 Å². The van der Waals surface area contributed by atoms with E-state index >= 15 is 0 Å². The summed E-state index contributed by atoms with van der Waals surface area (Å²) in [6, 6.07) is 22.4. The molecule has 0 saturated carbocycles. The Hall–Kier alpha value is -2.72. The Labute approximate surface area is 196 Å². The third-order valence-corrected chi connectivity index (χ3v) is 8.30. The lowest BCUT2D eigenvalue weighted by atomic mass is 10.1. The van der Waals surface area contributed by atoms with Crippen LogP contribution in [-0.4, -0.2) is 44.9 Å². The molecule has 0 unspecified atom stereocenters. The number of carbonyl (C=O) groups excluding carboxylic acids is 1. The van der Waals surface area contributed by atoms with E-state index in [1.54, 1.807) is 0 Å². The van der Waals surface area contributed by atoms with Crippen LogP contribution >= 0.6 is 11.8 Å². The highest BCUT2D eigenvalue weighted by atomic mass is 32.2. The standard InChI is InChI=1S/C24H23FN2O4S2/c25-21-12-11-19(17-22(21)33(29,30)27-13-15-31-16-14-27)26-24(28)23(18-7-3-1-4-8-18)32-20-9-5-2-6-10-20/h1-12,17,23H,13-16H2,(H,26,28)/t23-/m0/s1. The SMILES string of the molecule is O=C(Nc1ccc(F)c(S(=O)(=O)N2CCOCC2)c1)[C@@H](Sc1ccccc1)c1ccccc1.